The molecule has 0 radical (unpaired) electrons. The second-order valence-electron chi connectivity index (χ2n) is 5.95. The summed E-state index contributed by atoms with van der Waals surface area (Å²) in [5.41, 5.74) is 0.870. The standard InChI is InChI=1S/C17H23N3O4/c1-11-5-3-8-14(11)20-17(23)19-13-7-4-6-12(9-13)16(22)18-10-15(21)24-2/h4,6-7,9,11,14H,3,5,8,10H2,1-2H3,(H,18,22)(H2,19,20,23). The van der Waals surface area contributed by atoms with E-state index in [-0.39, 0.29) is 18.6 Å². The summed E-state index contributed by atoms with van der Waals surface area (Å²) in [6.07, 6.45) is 3.24. The molecule has 3 N–H and O–H groups in total. The number of esters is 1. The normalized spacial score (nSPS) is 19.4. The highest BCUT2D eigenvalue weighted by molar-refractivity contribution is 5.98. The molecule has 2 unspecified atom stereocenters. The van der Waals surface area contributed by atoms with Gasteiger partial charge in [-0.1, -0.05) is 19.4 Å². The van der Waals surface area contributed by atoms with Crippen LogP contribution in [0, 0.1) is 5.92 Å². The Balaban J connectivity index is 1.90. The van der Waals surface area contributed by atoms with Gasteiger partial charge in [-0.3, -0.25) is 9.59 Å². The van der Waals surface area contributed by atoms with Crippen LogP contribution in [0.15, 0.2) is 24.3 Å². The van der Waals surface area contributed by atoms with Crippen LogP contribution in [0.4, 0.5) is 10.5 Å². The highest BCUT2D eigenvalue weighted by Crippen LogP contribution is 2.24. The number of hydrogen-bond acceptors (Lipinski definition) is 4. The van der Waals surface area contributed by atoms with Crippen molar-refractivity contribution in [2.45, 2.75) is 32.2 Å². The summed E-state index contributed by atoms with van der Waals surface area (Å²) in [4.78, 5) is 35.1. The van der Waals surface area contributed by atoms with E-state index in [0.29, 0.717) is 17.2 Å². The molecule has 1 fully saturated rings. The predicted octanol–water partition coefficient (Wildman–Crippen LogP) is 1.90. The zero-order valence-corrected chi connectivity index (χ0v) is 13.9. The van der Waals surface area contributed by atoms with E-state index >= 15 is 0 Å². The first-order valence-corrected chi connectivity index (χ1v) is 8.02. The van der Waals surface area contributed by atoms with E-state index in [2.05, 4.69) is 27.6 Å². The van der Waals surface area contributed by atoms with Crippen LogP contribution in [0.3, 0.4) is 0 Å². The van der Waals surface area contributed by atoms with E-state index in [1.54, 1.807) is 24.3 Å². The largest absolute Gasteiger partial charge is 0.468 e. The number of carbonyl (C=O) groups is 3. The maximum atomic E-state index is 12.1. The molecule has 0 saturated heterocycles. The molecule has 0 bridgehead atoms. The molecule has 24 heavy (non-hydrogen) atoms. The fourth-order valence-electron chi connectivity index (χ4n) is 2.76. The van der Waals surface area contributed by atoms with E-state index < -0.39 is 11.9 Å². The van der Waals surface area contributed by atoms with Crippen molar-refractivity contribution < 1.29 is 19.1 Å². The zero-order chi connectivity index (χ0) is 17.5. The highest BCUT2D eigenvalue weighted by atomic mass is 16.5. The van der Waals surface area contributed by atoms with Crippen molar-refractivity contribution in [2.24, 2.45) is 5.92 Å². The van der Waals surface area contributed by atoms with Gasteiger partial charge >= 0.3 is 12.0 Å². The van der Waals surface area contributed by atoms with Crippen LogP contribution in [0.5, 0.6) is 0 Å². The topological polar surface area (TPSA) is 96.5 Å². The molecule has 0 heterocycles. The molecule has 0 spiro atoms. The summed E-state index contributed by atoms with van der Waals surface area (Å²) in [5.74, 6) is -0.456. The average molecular weight is 333 g/mol. The average Bonchev–Trinajstić information content (AvgIpc) is 2.97. The van der Waals surface area contributed by atoms with Crippen LogP contribution in [-0.4, -0.2) is 37.6 Å². The number of hydrogen-bond donors (Lipinski definition) is 3. The maximum absolute atomic E-state index is 12.1. The van der Waals surface area contributed by atoms with Gasteiger partial charge in [0.1, 0.15) is 6.54 Å². The van der Waals surface area contributed by atoms with Crippen LogP contribution in [0.2, 0.25) is 0 Å². The van der Waals surface area contributed by atoms with Crippen LogP contribution in [0.25, 0.3) is 0 Å². The number of amides is 3. The first-order chi connectivity index (χ1) is 11.5. The summed E-state index contributed by atoms with van der Waals surface area (Å²) < 4.78 is 4.47. The van der Waals surface area contributed by atoms with Gasteiger partial charge in [0.25, 0.3) is 5.91 Å². The third-order valence-electron chi connectivity index (χ3n) is 4.18. The molecule has 3 amide bonds. The third-order valence-corrected chi connectivity index (χ3v) is 4.18. The molecular formula is C17H23N3O4. The molecule has 7 nitrogen and oxygen atoms in total. The van der Waals surface area contributed by atoms with Crippen molar-refractivity contribution in [3.63, 3.8) is 0 Å². The molecule has 1 aromatic rings. The molecule has 1 aliphatic rings. The van der Waals surface area contributed by atoms with Crippen LogP contribution in [0.1, 0.15) is 36.5 Å². The Morgan fingerprint density at radius 2 is 2.04 bits per heavy atom. The van der Waals surface area contributed by atoms with Crippen LogP contribution in [-0.2, 0) is 9.53 Å². The number of rotatable bonds is 5. The Bertz CT molecular complexity index is 618. The van der Waals surface area contributed by atoms with Gasteiger partial charge in [-0.25, -0.2) is 4.79 Å². The van der Waals surface area contributed by atoms with Crippen molar-refractivity contribution in [3.05, 3.63) is 29.8 Å². The zero-order valence-electron chi connectivity index (χ0n) is 13.9. The molecule has 1 saturated carbocycles. The molecule has 7 heteroatoms. The van der Waals surface area contributed by atoms with Crippen LogP contribution >= 0.6 is 0 Å². The molecule has 2 atom stereocenters. The van der Waals surface area contributed by atoms with Gasteiger partial charge in [-0.05, 0) is 37.0 Å². The van der Waals surface area contributed by atoms with Gasteiger partial charge < -0.3 is 20.7 Å². The Hall–Kier alpha value is -2.57. The number of nitrogens with one attached hydrogen (secondary N) is 3. The fourth-order valence-corrected chi connectivity index (χ4v) is 2.76. The van der Waals surface area contributed by atoms with E-state index in [9.17, 15) is 14.4 Å². The molecule has 130 valence electrons. The molecular weight excluding hydrogens is 310 g/mol. The molecule has 1 aromatic carbocycles. The molecule has 2 rings (SSSR count). The number of methoxy groups -OCH3 is 1. The summed E-state index contributed by atoms with van der Waals surface area (Å²) in [6, 6.07) is 6.45. The van der Waals surface area contributed by atoms with Crippen molar-refractivity contribution in [3.8, 4) is 0 Å². The quantitative estimate of drug-likeness (QED) is 0.717. The Morgan fingerprint density at radius 1 is 1.25 bits per heavy atom. The smallest absolute Gasteiger partial charge is 0.325 e. The summed E-state index contributed by atoms with van der Waals surface area (Å²) in [7, 11) is 1.25. The highest BCUT2D eigenvalue weighted by Gasteiger charge is 2.24. The van der Waals surface area contributed by atoms with Gasteiger partial charge in [0, 0.05) is 17.3 Å². The lowest BCUT2D eigenvalue weighted by Crippen LogP contribution is -2.39. The first kappa shape index (κ1) is 17.8. The number of ether oxygens (including phenoxy) is 1. The first-order valence-electron chi connectivity index (χ1n) is 8.02. The molecule has 0 aliphatic heterocycles. The minimum atomic E-state index is -0.525. The van der Waals surface area contributed by atoms with Crippen molar-refractivity contribution in [2.75, 3.05) is 19.0 Å². The lowest BCUT2D eigenvalue weighted by Gasteiger charge is -2.17. The van der Waals surface area contributed by atoms with E-state index in [1.165, 1.54) is 7.11 Å². The minimum Gasteiger partial charge on any atom is -0.468 e. The molecule has 0 aromatic heterocycles. The second kappa shape index (κ2) is 8.33. The Morgan fingerprint density at radius 3 is 2.71 bits per heavy atom. The summed E-state index contributed by atoms with van der Waals surface area (Å²) in [6.45, 7) is 1.93. The van der Waals surface area contributed by atoms with Crippen molar-refractivity contribution in [1.82, 2.24) is 10.6 Å². The van der Waals surface area contributed by atoms with Crippen LogP contribution < -0.4 is 16.0 Å². The Labute approximate surface area is 141 Å². The second-order valence-corrected chi connectivity index (χ2v) is 5.95. The number of benzene rings is 1. The van der Waals surface area contributed by atoms with E-state index in [4.69, 9.17) is 0 Å². The van der Waals surface area contributed by atoms with Crippen molar-refractivity contribution in [1.29, 1.82) is 0 Å². The Kier molecular flexibility index (Phi) is 6.17. The summed E-state index contributed by atoms with van der Waals surface area (Å²) in [5, 5.41) is 8.15. The molecule has 1 aliphatic carbocycles. The lowest BCUT2D eigenvalue weighted by atomic mass is 10.1. The summed E-state index contributed by atoms with van der Waals surface area (Å²) >= 11 is 0. The van der Waals surface area contributed by atoms with Gasteiger partial charge in [0.2, 0.25) is 0 Å². The van der Waals surface area contributed by atoms with Gasteiger partial charge in [0.15, 0.2) is 0 Å². The maximum Gasteiger partial charge on any atom is 0.325 e. The minimum absolute atomic E-state index is 0.191. The number of urea groups is 1. The number of anilines is 1. The fraction of sp³-hybridized carbons (Fsp3) is 0.471. The van der Waals surface area contributed by atoms with Gasteiger partial charge in [-0.15, -0.1) is 0 Å². The van der Waals surface area contributed by atoms with Gasteiger partial charge in [-0.2, -0.15) is 0 Å². The predicted molar refractivity (Wildman–Crippen MR) is 89.7 cm³/mol. The number of carbonyl (C=O) groups excluding carboxylic acids is 3. The van der Waals surface area contributed by atoms with Gasteiger partial charge in [0.05, 0.1) is 7.11 Å². The third kappa shape index (κ3) is 4.97. The monoisotopic (exact) mass is 333 g/mol. The SMILES string of the molecule is COC(=O)CNC(=O)c1cccc(NC(=O)NC2CCCC2C)c1. The van der Waals surface area contributed by atoms with E-state index in [0.717, 1.165) is 19.3 Å². The lowest BCUT2D eigenvalue weighted by molar-refractivity contribution is -0.139. The van der Waals surface area contributed by atoms with Crippen molar-refractivity contribution >= 4 is 23.6 Å². The van der Waals surface area contributed by atoms with E-state index in [1.807, 2.05) is 0 Å².